The normalized spacial score (nSPS) is 21.5. The Hall–Kier alpha value is -2.11. The van der Waals surface area contributed by atoms with Crippen LogP contribution in [0.25, 0.3) is 0 Å². The van der Waals surface area contributed by atoms with Crippen molar-refractivity contribution in [2.75, 3.05) is 18.0 Å². The van der Waals surface area contributed by atoms with Crippen LogP contribution in [0.15, 0.2) is 18.2 Å². The molecule has 1 unspecified atom stereocenters. The Morgan fingerprint density at radius 3 is 2.81 bits per heavy atom. The molecule has 1 aliphatic heterocycles. The Morgan fingerprint density at radius 1 is 1.52 bits per heavy atom. The van der Waals surface area contributed by atoms with E-state index in [0.717, 1.165) is 17.7 Å². The van der Waals surface area contributed by atoms with Crippen LogP contribution in [0.2, 0.25) is 0 Å². The lowest BCUT2D eigenvalue weighted by Gasteiger charge is -2.26. The molecule has 0 spiro atoms. The molecule has 0 radical (unpaired) electrons. The predicted molar refractivity (Wildman–Crippen MR) is 79.6 cm³/mol. The van der Waals surface area contributed by atoms with Crippen molar-refractivity contribution in [2.24, 2.45) is 5.41 Å². The molecule has 21 heavy (non-hydrogen) atoms. The second-order valence-electron chi connectivity index (χ2n) is 5.73. The monoisotopic (exact) mass is 292 g/mol. The molecule has 0 amide bonds. The van der Waals surface area contributed by atoms with Gasteiger partial charge in [0.1, 0.15) is 0 Å². The number of rotatable bonds is 5. The van der Waals surface area contributed by atoms with Crippen LogP contribution in [-0.4, -0.2) is 29.1 Å². The zero-order chi connectivity index (χ0) is 15.6. The summed E-state index contributed by atoms with van der Waals surface area (Å²) < 4.78 is 0. The van der Waals surface area contributed by atoms with Gasteiger partial charge in [0, 0.05) is 30.9 Å². The highest BCUT2D eigenvalue weighted by Gasteiger charge is 2.44. The van der Waals surface area contributed by atoms with Crippen LogP contribution >= 0.6 is 0 Å². The average Bonchev–Trinajstić information content (AvgIpc) is 2.85. The molecule has 1 aromatic carbocycles. The number of carboxylic acid groups (broad SMARTS) is 1. The quantitative estimate of drug-likeness (QED) is 0.666. The van der Waals surface area contributed by atoms with E-state index in [4.69, 9.17) is 0 Å². The topological polar surface area (TPSA) is 83.7 Å². The molecule has 1 fully saturated rings. The molecule has 1 aliphatic rings. The van der Waals surface area contributed by atoms with Crippen LogP contribution in [0.3, 0.4) is 0 Å². The van der Waals surface area contributed by atoms with E-state index in [1.807, 2.05) is 18.7 Å². The molecule has 0 bridgehead atoms. The largest absolute Gasteiger partial charge is 0.481 e. The number of aliphatic carboxylic acids is 1. The first-order chi connectivity index (χ1) is 9.89. The summed E-state index contributed by atoms with van der Waals surface area (Å²) in [6.07, 6.45) is 2.03. The lowest BCUT2D eigenvalue weighted by atomic mass is 9.83. The van der Waals surface area contributed by atoms with Gasteiger partial charge in [-0.05, 0) is 25.3 Å². The smallest absolute Gasteiger partial charge is 0.311 e. The number of nitro groups is 1. The third-order valence-corrected chi connectivity index (χ3v) is 4.28. The second kappa shape index (κ2) is 5.71. The number of aryl methyl sites for hydroxylation is 1. The summed E-state index contributed by atoms with van der Waals surface area (Å²) in [5, 5.41) is 20.4. The van der Waals surface area contributed by atoms with E-state index in [1.165, 1.54) is 6.07 Å². The SMILES string of the molecule is CCCC1(C(=O)O)CCN(c2cc([N+](=O)[O-])ccc2C)C1. The van der Waals surface area contributed by atoms with Gasteiger partial charge in [0.2, 0.25) is 0 Å². The maximum Gasteiger partial charge on any atom is 0.311 e. The minimum Gasteiger partial charge on any atom is -0.481 e. The highest BCUT2D eigenvalue weighted by Crippen LogP contribution is 2.39. The molecule has 6 nitrogen and oxygen atoms in total. The third-order valence-electron chi connectivity index (χ3n) is 4.28. The fraction of sp³-hybridized carbons (Fsp3) is 0.533. The highest BCUT2D eigenvalue weighted by atomic mass is 16.6. The standard InChI is InChI=1S/C15H20N2O4/c1-3-6-15(14(18)19)7-8-16(10-15)13-9-12(17(20)21)5-4-11(13)2/h4-5,9H,3,6-8,10H2,1-2H3,(H,18,19). The molecule has 1 aromatic rings. The maximum absolute atomic E-state index is 11.6. The first-order valence-electron chi connectivity index (χ1n) is 7.13. The molecule has 1 atom stereocenters. The van der Waals surface area contributed by atoms with Crippen LogP contribution in [0, 0.1) is 22.5 Å². The summed E-state index contributed by atoms with van der Waals surface area (Å²) in [5.41, 5.74) is 1.01. The van der Waals surface area contributed by atoms with E-state index in [1.54, 1.807) is 12.1 Å². The van der Waals surface area contributed by atoms with Crippen molar-refractivity contribution in [1.29, 1.82) is 0 Å². The van der Waals surface area contributed by atoms with Crippen molar-refractivity contribution in [3.8, 4) is 0 Å². The number of hydrogen-bond acceptors (Lipinski definition) is 4. The van der Waals surface area contributed by atoms with Crippen LogP contribution in [0.1, 0.15) is 31.7 Å². The van der Waals surface area contributed by atoms with E-state index in [0.29, 0.717) is 25.9 Å². The van der Waals surface area contributed by atoms with E-state index in [2.05, 4.69) is 0 Å². The van der Waals surface area contributed by atoms with E-state index < -0.39 is 16.3 Å². The van der Waals surface area contributed by atoms with Gasteiger partial charge in [-0.1, -0.05) is 19.4 Å². The van der Waals surface area contributed by atoms with Crippen molar-refractivity contribution in [1.82, 2.24) is 0 Å². The third kappa shape index (κ3) is 2.84. The summed E-state index contributed by atoms with van der Waals surface area (Å²) in [6, 6.07) is 4.73. The Morgan fingerprint density at radius 2 is 2.24 bits per heavy atom. The number of carbonyl (C=O) groups is 1. The first kappa shape index (κ1) is 15.3. The van der Waals surface area contributed by atoms with Gasteiger partial charge >= 0.3 is 5.97 Å². The van der Waals surface area contributed by atoms with Gasteiger partial charge in [-0.2, -0.15) is 0 Å². The molecule has 0 saturated carbocycles. The number of hydrogen-bond donors (Lipinski definition) is 1. The van der Waals surface area contributed by atoms with E-state index >= 15 is 0 Å². The van der Waals surface area contributed by atoms with Crippen molar-refractivity contribution >= 4 is 17.3 Å². The van der Waals surface area contributed by atoms with Crippen molar-refractivity contribution in [2.45, 2.75) is 33.1 Å². The minimum absolute atomic E-state index is 0.0407. The summed E-state index contributed by atoms with van der Waals surface area (Å²) in [7, 11) is 0. The second-order valence-corrected chi connectivity index (χ2v) is 5.73. The first-order valence-corrected chi connectivity index (χ1v) is 7.13. The van der Waals surface area contributed by atoms with Gasteiger partial charge in [0.15, 0.2) is 0 Å². The Balaban J connectivity index is 2.30. The average molecular weight is 292 g/mol. The molecule has 2 rings (SSSR count). The number of anilines is 1. The molecule has 0 aliphatic carbocycles. The van der Waals surface area contributed by atoms with Crippen molar-refractivity contribution < 1.29 is 14.8 Å². The Kier molecular flexibility index (Phi) is 4.16. The zero-order valence-corrected chi connectivity index (χ0v) is 12.3. The molecule has 1 N–H and O–H groups in total. The van der Waals surface area contributed by atoms with Gasteiger partial charge in [-0.15, -0.1) is 0 Å². The lowest BCUT2D eigenvalue weighted by Crippen LogP contribution is -2.34. The Bertz CT molecular complexity index is 573. The number of carboxylic acids is 1. The van der Waals surface area contributed by atoms with Gasteiger partial charge in [-0.25, -0.2) is 0 Å². The van der Waals surface area contributed by atoms with Gasteiger partial charge < -0.3 is 10.0 Å². The molecule has 114 valence electrons. The molecule has 6 heteroatoms. The van der Waals surface area contributed by atoms with Crippen LogP contribution in [0.5, 0.6) is 0 Å². The van der Waals surface area contributed by atoms with Crippen molar-refractivity contribution in [3.05, 3.63) is 33.9 Å². The van der Waals surface area contributed by atoms with Crippen LogP contribution in [0.4, 0.5) is 11.4 Å². The molecule has 1 heterocycles. The van der Waals surface area contributed by atoms with Gasteiger partial charge in [0.05, 0.1) is 10.3 Å². The van der Waals surface area contributed by atoms with Gasteiger partial charge in [-0.3, -0.25) is 14.9 Å². The maximum atomic E-state index is 11.6. The minimum atomic E-state index is -0.769. The zero-order valence-electron chi connectivity index (χ0n) is 12.3. The molecule has 1 saturated heterocycles. The summed E-state index contributed by atoms with van der Waals surface area (Å²) in [6.45, 7) is 4.90. The van der Waals surface area contributed by atoms with E-state index in [9.17, 15) is 20.0 Å². The Labute approximate surface area is 123 Å². The fourth-order valence-corrected chi connectivity index (χ4v) is 3.09. The lowest BCUT2D eigenvalue weighted by molar-refractivity contribution is -0.384. The van der Waals surface area contributed by atoms with Crippen molar-refractivity contribution in [3.63, 3.8) is 0 Å². The summed E-state index contributed by atoms with van der Waals surface area (Å²) in [5.74, 6) is -0.769. The number of benzene rings is 1. The fourth-order valence-electron chi connectivity index (χ4n) is 3.09. The van der Waals surface area contributed by atoms with Crippen LogP contribution < -0.4 is 4.90 Å². The van der Waals surface area contributed by atoms with Crippen LogP contribution in [-0.2, 0) is 4.79 Å². The summed E-state index contributed by atoms with van der Waals surface area (Å²) >= 11 is 0. The molecular weight excluding hydrogens is 272 g/mol. The van der Waals surface area contributed by atoms with E-state index in [-0.39, 0.29) is 5.69 Å². The number of nitrogens with zero attached hydrogens (tertiary/aromatic N) is 2. The van der Waals surface area contributed by atoms with Gasteiger partial charge in [0.25, 0.3) is 5.69 Å². The molecular formula is C15H20N2O4. The number of non-ortho nitro benzene ring substituents is 1. The highest BCUT2D eigenvalue weighted by molar-refractivity contribution is 5.77. The molecule has 0 aromatic heterocycles. The predicted octanol–water partition coefficient (Wildman–Crippen LogP) is 2.98. The summed E-state index contributed by atoms with van der Waals surface area (Å²) in [4.78, 5) is 24.1. The number of nitro benzene ring substituents is 1.